The molecule has 14 N–H and O–H groups in total. The summed E-state index contributed by atoms with van der Waals surface area (Å²) < 4.78 is 0. The maximum Gasteiger partial charge on any atom is 0.328 e. The number of carbonyl (C=O) groups excluding carboxylic acids is 7. The Bertz CT molecular complexity index is 1530. The zero-order valence-corrected chi connectivity index (χ0v) is 32.0. The average Bonchev–Trinajstić information content (AvgIpc) is 3.13. The van der Waals surface area contributed by atoms with Crippen molar-refractivity contribution in [2.75, 3.05) is 25.2 Å². The molecule has 21 nitrogen and oxygen atoms in total. The van der Waals surface area contributed by atoms with Crippen LogP contribution in [0.2, 0.25) is 0 Å². The lowest BCUT2D eigenvalue weighted by Gasteiger charge is -2.27. The molecule has 1 aromatic rings. The minimum atomic E-state index is -1.85. The summed E-state index contributed by atoms with van der Waals surface area (Å²) in [5.41, 5.74) is 11.6. The first-order valence-corrected chi connectivity index (χ1v) is 18.8. The van der Waals surface area contributed by atoms with Crippen LogP contribution >= 0.6 is 11.8 Å². The van der Waals surface area contributed by atoms with E-state index in [-0.39, 0.29) is 25.2 Å². The number of carbonyl (C=O) groups is 9. The molecule has 1 aromatic carbocycles. The van der Waals surface area contributed by atoms with Crippen molar-refractivity contribution in [3.05, 3.63) is 35.9 Å². The second-order valence-corrected chi connectivity index (χ2v) is 14.0. The summed E-state index contributed by atoms with van der Waals surface area (Å²) in [6.07, 6.45) is 0.0391. The van der Waals surface area contributed by atoms with E-state index in [0.717, 1.165) is 0 Å². The number of rotatable bonds is 26. The van der Waals surface area contributed by atoms with E-state index in [9.17, 15) is 63.6 Å². The van der Waals surface area contributed by atoms with Gasteiger partial charge in [-0.1, -0.05) is 44.2 Å². The molecule has 56 heavy (non-hydrogen) atoms. The first-order valence-electron chi connectivity index (χ1n) is 17.4. The van der Waals surface area contributed by atoms with Crippen LogP contribution in [0.5, 0.6) is 0 Å². The Morgan fingerprint density at radius 1 is 0.643 bits per heavy atom. The third-order valence-electron chi connectivity index (χ3n) is 7.89. The first kappa shape index (κ1) is 48.7. The molecule has 0 unspecified atom stereocenters. The van der Waals surface area contributed by atoms with Gasteiger partial charge in [0.05, 0.1) is 32.1 Å². The van der Waals surface area contributed by atoms with Gasteiger partial charge in [0.15, 0.2) is 0 Å². The van der Waals surface area contributed by atoms with Gasteiger partial charge in [0.25, 0.3) is 0 Å². The molecule has 0 aliphatic carbocycles. The summed E-state index contributed by atoms with van der Waals surface area (Å²) in [6, 6.07) is -2.81. The zero-order valence-electron chi connectivity index (χ0n) is 31.2. The van der Waals surface area contributed by atoms with Crippen LogP contribution in [-0.4, -0.2) is 141 Å². The number of primary amides is 1. The van der Waals surface area contributed by atoms with Gasteiger partial charge in [-0.15, -0.1) is 0 Å². The van der Waals surface area contributed by atoms with E-state index in [0.29, 0.717) is 11.3 Å². The van der Waals surface area contributed by atoms with Crippen LogP contribution in [0, 0.1) is 5.92 Å². The van der Waals surface area contributed by atoms with E-state index in [1.807, 2.05) is 0 Å². The molecule has 1 rings (SSSR count). The van der Waals surface area contributed by atoms with Crippen LogP contribution in [0.4, 0.5) is 0 Å². The van der Waals surface area contributed by atoms with Gasteiger partial charge in [0.2, 0.25) is 41.4 Å². The normalized spacial score (nSPS) is 14.7. The summed E-state index contributed by atoms with van der Waals surface area (Å²) in [5, 5.41) is 51.7. The number of nitrogens with two attached hydrogens (primary N) is 2. The maximum atomic E-state index is 13.6. The van der Waals surface area contributed by atoms with Crippen LogP contribution in [-0.2, 0) is 49.6 Å². The smallest absolute Gasteiger partial charge is 0.328 e. The van der Waals surface area contributed by atoms with Crippen LogP contribution in [0.25, 0.3) is 0 Å². The van der Waals surface area contributed by atoms with Gasteiger partial charge in [0, 0.05) is 6.42 Å². The SMILES string of the molecule is CSCC[C@H](N)C(=O)N[C@@H](CC(N)=O)C(=O)N[C@@H](CO)C(=O)N[C@@H](CC(C)C)C(=O)N[C@@H](CC(=O)O)C(=O)N[C@@H](Cc1ccccc1)C(=O)N[C@@H](CO)C(=O)O. The van der Waals surface area contributed by atoms with Gasteiger partial charge < -0.3 is 63.8 Å². The number of aliphatic hydroxyl groups excluding tert-OH is 2. The fraction of sp³-hybridized carbons (Fsp3) is 0.559. The third-order valence-corrected chi connectivity index (χ3v) is 8.53. The van der Waals surface area contributed by atoms with Crippen molar-refractivity contribution in [1.29, 1.82) is 0 Å². The number of amides is 7. The topological polar surface area (TPSA) is 359 Å². The molecule has 0 aromatic heterocycles. The van der Waals surface area contributed by atoms with Crippen molar-refractivity contribution in [2.24, 2.45) is 17.4 Å². The minimum absolute atomic E-state index is 0.101. The number of hydrogen-bond donors (Lipinski definition) is 12. The summed E-state index contributed by atoms with van der Waals surface area (Å²) in [6.45, 7) is 1.34. The Hall–Kier alpha value is -5.32. The van der Waals surface area contributed by atoms with Gasteiger partial charge in [-0.3, -0.25) is 38.4 Å². The first-order chi connectivity index (χ1) is 26.3. The number of aliphatic hydroxyl groups is 2. The molecule has 0 saturated heterocycles. The number of carboxylic acids is 2. The van der Waals surface area contributed by atoms with Gasteiger partial charge in [-0.05, 0) is 36.3 Å². The molecule has 0 fully saturated rings. The lowest BCUT2D eigenvalue weighted by atomic mass is 10.0. The number of carboxylic acid groups (broad SMARTS) is 2. The van der Waals surface area contributed by atoms with Crippen molar-refractivity contribution < 1.29 is 63.6 Å². The van der Waals surface area contributed by atoms with E-state index in [1.54, 1.807) is 50.4 Å². The summed E-state index contributed by atoms with van der Waals surface area (Å²) >= 11 is 1.42. The van der Waals surface area contributed by atoms with E-state index >= 15 is 0 Å². The van der Waals surface area contributed by atoms with Crippen molar-refractivity contribution in [1.82, 2.24) is 31.9 Å². The van der Waals surface area contributed by atoms with E-state index < -0.39 is 122 Å². The fourth-order valence-corrected chi connectivity index (χ4v) is 5.44. The predicted octanol–water partition coefficient (Wildman–Crippen LogP) is -4.32. The molecule has 22 heteroatoms. The molecule has 0 radical (unpaired) electrons. The number of aliphatic carboxylic acids is 2. The van der Waals surface area contributed by atoms with Gasteiger partial charge >= 0.3 is 11.9 Å². The lowest BCUT2D eigenvalue weighted by molar-refractivity contribution is -0.144. The molecule has 0 bridgehead atoms. The van der Waals surface area contributed by atoms with E-state index in [4.69, 9.17) is 11.5 Å². The fourth-order valence-electron chi connectivity index (χ4n) is 4.95. The monoisotopic (exact) mass is 812 g/mol. The molecular weight excluding hydrogens is 760 g/mol. The highest BCUT2D eigenvalue weighted by molar-refractivity contribution is 7.98. The lowest BCUT2D eigenvalue weighted by Crippen LogP contribution is -2.61. The number of hydrogen-bond acceptors (Lipinski definition) is 13. The molecule has 0 aliphatic heterocycles. The Morgan fingerprint density at radius 2 is 1.09 bits per heavy atom. The maximum absolute atomic E-state index is 13.6. The molecule has 0 heterocycles. The van der Waals surface area contributed by atoms with Crippen molar-refractivity contribution in [3.63, 3.8) is 0 Å². The standard InChI is InChI=1S/C34H52N8O13S/c1-17(2)11-20(38-33(53)24(15-43)41-31(51)22(13-26(36)45)37-28(48)19(35)9-10-56-3)29(49)40-23(14-27(46)47)32(52)39-21(12-18-7-5-4-6-8-18)30(50)42-25(16-44)34(54)55/h4-8,17,19-25,43-44H,9-16,35H2,1-3H3,(H2,36,45)(H,37,48)(H,38,53)(H,39,52)(H,40,49)(H,41,51)(H,42,50)(H,46,47)(H,54,55)/t19-,20-,21-,22-,23-,24-,25-/m0/s1. The van der Waals surface area contributed by atoms with Crippen molar-refractivity contribution in [2.45, 2.75) is 88.2 Å². The van der Waals surface area contributed by atoms with Crippen molar-refractivity contribution >= 4 is 65.1 Å². The largest absolute Gasteiger partial charge is 0.481 e. The Morgan fingerprint density at radius 3 is 1.59 bits per heavy atom. The highest BCUT2D eigenvalue weighted by Crippen LogP contribution is 2.09. The number of nitrogens with one attached hydrogen (secondary N) is 6. The molecular formula is C34H52N8O13S. The molecule has 312 valence electrons. The van der Waals surface area contributed by atoms with Crippen LogP contribution in [0.3, 0.4) is 0 Å². The molecule has 0 aliphatic rings. The second-order valence-electron chi connectivity index (χ2n) is 13.0. The van der Waals surface area contributed by atoms with Crippen LogP contribution in [0.1, 0.15) is 45.1 Å². The Kier molecular flexibility index (Phi) is 21.7. The quantitative estimate of drug-likeness (QED) is 0.0421. The Balaban J connectivity index is 3.26. The van der Waals surface area contributed by atoms with E-state index in [2.05, 4.69) is 31.9 Å². The molecule has 7 amide bonds. The summed E-state index contributed by atoms with van der Waals surface area (Å²) in [5.74, 6) is -10.1. The number of thioether (sulfide) groups is 1. The zero-order chi connectivity index (χ0) is 42.5. The second kappa shape index (κ2) is 25.0. The highest BCUT2D eigenvalue weighted by atomic mass is 32.2. The van der Waals surface area contributed by atoms with Crippen molar-refractivity contribution in [3.8, 4) is 0 Å². The van der Waals surface area contributed by atoms with Gasteiger partial charge in [-0.2, -0.15) is 11.8 Å². The van der Waals surface area contributed by atoms with Crippen LogP contribution in [0.15, 0.2) is 30.3 Å². The number of benzene rings is 1. The van der Waals surface area contributed by atoms with E-state index in [1.165, 1.54) is 11.8 Å². The van der Waals surface area contributed by atoms with Gasteiger partial charge in [-0.25, -0.2) is 4.79 Å². The predicted molar refractivity (Wildman–Crippen MR) is 200 cm³/mol. The summed E-state index contributed by atoms with van der Waals surface area (Å²) in [7, 11) is 0. The molecule has 0 spiro atoms. The third kappa shape index (κ3) is 17.9. The minimum Gasteiger partial charge on any atom is -0.481 e. The Labute approximate surface area is 326 Å². The van der Waals surface area contributed by atoms with Crippen LogP contribution < -0.4 is 43.4 Å². The molecule has 0 saturated carbocycles. The summed E-state index contributed by atoms with van der Waals surface area (Å²) in [4.78, 5) is 114. The molecule has 7 atom stereocenters. The van der Waals surface area contributed by atoms with Gasteiger partial charge in [0.1, 0.15) is 36.3 Å². The highest BCUT2D eigenvalue weighted by Gasteiger charge is 2.35. The average molecular weight is 813 g/mol.